The van der Waals surface area contributed by atoms with Gasteiger partial charge in [-0.1, -0.05) is 85.8 Å². The maximum Gasteiger partial charge on any atom is 0.204 e. The van der Waals surface area contributed by atoms with Crippen LogP contribution in [0.3, 0.4) is 0 Å². The van der Waals surface area contributed by atoms with Crippen molar-refractivity contribution >= 4 is 33.7 Å². The number of ether oxygens (including phenoxy) is 1. The summed E-state index contributed by atoms with van der Waals surface area (Å²) in [5.41, 5.74) is 5.04. The van der Waals surface area contributed by atoms with E-state index in [4.69, 9.17) is 14.7 Å². The van der Waals surface area contributed by atoms with Crippen molar-refractivity contribution in [3.05, 3.63) is 96.1 Å². The lowest BCUT2D eigenvalue weighted by atomic mass is 10.1. The molecule has 0 aliphatic carbocycles. The van der Waals surface area contributed by atoms with Crippen LogP contribution in [0.1, 0.15) is 38.3 Å². The zero-order chi connectivity index (χ0) is 26.5. The van der Waals surface area contributed by atoms with Gasteiger partial charge in [-0.05, 0) is 37.5 Å². The highest BCUT2D eigenvalue weighted by Crippen LogP contribution is 2.36. The van der Waals surface area contributed by atoms with Crippen LogP contribution in [-0.2, 0) is 24.4 Å². The predicted molar refractivity (Wildman–Crippen MR) is 158 cm³/mol. The van der Waals surface area contributed by atoms with E-state index < -0.39 is 0 Å². The monoisotopic (exact) mass is 507 g/mol. The van der Waals surface area contributed by atoms with E-state index in [1.54, 1.807) is 7.11 Å². The fraction of sp³-hybridized carbons (Fsp3) is 0.312. The van der Waals surface area contributed by atoms with Crippen molar-refractivity contribution in [3.8, 4) is 0 Å². The number of nitrogens with zero attached hydrogens (tertiary/aromatic N) is 4. The molecular weight excluding hydrogens is 470 g/mol. The van der Waals surface area contributed by atoms with Gasteiger partial charge in [-0.2, -0.15) is 0 Å². The van der Waals surface area contributed by atoms with Crippen LogP contribution in [0, 0.1) is 0 Å². The summed E-state index contributed by atoms with van der Waals surface area (Å²) >= 11 is 0. The van der Waals surface area contributed by atoms with Crippen LogP contribution in [0.5, 0.6) is 0 Å². The van der Waals surface area contributed by atoms with E-state index in [-0.39, 0.29) is 5.60 Å². The van der Waals surface area contributed by atoms with Crippen molar-refractivity contribution < 1.29 is 4.74 Å². The van der Waals surface area contributed by atoms with Crippen LogP contribution < -0.4 is 10.2 Å². The summed E-state index contributed by atoms with van der Waals surface area (Å²) in [5.74, 6) is 1.74. The average Bonchev–Trinajstić information content (AvgIpc) is 3.29. The second-order valence-corrected chi connectivity index (χ2v) is 10.4. The average molecular weight is 508 g/mol. The highest BCUT2D eigenvalue weighted by Gasteiger charge is 2.26. The van der Waals surface area contributed by atoms with E-state index in [1.165, 1.54) is 11.1 Å². The summed E-state index contributed by atoms with van der Waals surface area (Å²) in [6.45, 7) is 9.36. The lowest BCUT2D eigenvalue weighted by molar-refractivity contribution is 0.00947. The van der Waals surface area contributed by atoms with Gasteiger partial charge in [0.1, 0.15) is 5.52 Å². The summed E-state index contributed by atoms with van der Waals surface area (Å²) in [5, 5.41) is 4.67. The summed E-state index contributed by atoms with van der Waals surface area (Å²) in [6, 6.07) is 29.5. The molecule has 6 heteroatoms. The fourth-order valence-electron chi connectivity index (χ4n) is 4.83. The van der Waals surface area contributed by atoms with Gasteiger partial charge in [0, 0.05) is 32.1 Å². The molecule has 0 aliphatic rings. The molecule has 38 heavy (non-hydrogen) atoms. The minimum Gasteiger partial charge on any atom is -0.377 e. The van der Waals surface area contributed by atoms with E-state index in [2.05, 4.69) is 120 Å². The Morgan fingerprint density at radius 2 is 1.45 bits per heavy atom. The molecule has 3 aromatic carbocycles. The predicted octanol–water partition coefficient (Wildman–Crippen LogP) is 7.04. The number of para-hydroxylation sites is 1. The Hall–Kier alpha value is -3.90. The smallest absolute Gasteiger partial charge is 0.204 e. The molecule has 0 unspecified atom stereocenters. The number of pyridine rings is 1. The quantitative estimate of drug-likeness (QED) is 0.208. The third-order valence-corrected chi connectivity index (χ3v) is 6.92. The van der Waals surface area contributed by atoms with E-state index in [0.717, 1.165) is 59.8 Å². The van der Waals surface area contributed by atoms with Crippen molar-refractivity contribution in [2.75, 3.05) is 23.9 Å². The van der Waals surface area contributed by atoms with Gasteiger partial charge in [-0.25, -0.2) is 9.97 Å². The summed E-state index contributed by atoms with van der Waals surface area (Å²) in [6.07, 6.45) is 1.01. The van der Waals surface area contributed by atoms with Crippen molar-refractivity contribution in [1.82, 2.24) is 14.5 Å². The van der Waals surface area contributed by atoms with Crippen molar-refractivity contribution in [2.24, 2.45) is 0 Å². The van der Waals surface area contributed by atoms with Crippen LogP contribution in [0.25, 0.3) is 21.9 Å². The molecule has 196 valence electrons. The molecule has 5 rings (SSSR count). The van der Waals surface area contributed by atoms with Gasteiger partial charge in [-0.15, -0.1) is 0 Å². The first-order chi connectivity index (χ1) is 18.5. The second kappa shape index (κ2) is 11.2. The number of methoxy groups -OCH3 is 1. The molecule has 5 aromatic rings. The third kappa shape index (κ3) is 5.50. The molecule has 1 N–H and O–H groups in total. The Labute approximate surface area is 225 Å². The summed E-state index contributed by atoms with van der Waals surface area (Å²) in [4.78, 5) is 12.8. The molecule has 0 fully saturated rings. The number of anilines is 2. The number of hydrogen-bond donors (Lipinski definition) is 1. The highest BCUT2D eigenvalue weighted by molar-refractivity contribution is 6.08. The van der Waals surface area contributed by atoms with Crippen LogP contribution in [0.4, 0.5) is 11.8 Å². The van der Waals surface area contributed by atoms with E-state index in [1.807, 2.05) is 0 Å². The minimum absolute atomic E-state index is 0.366. The van der Waals surface area contributed by atoms with E-state index in [0.29, 0.717) is 6.54 Å². The van der Waals surface area contributed by atoms with Gasteiger partial charge in [0.2, 0.25) is 5.95 Å². The summed E-state index contributed by atoms with van der Waals surface area (Å²) < 4.78 is 8.15. The number of hydrogen-bond acceptors (Lipinski definition) is 5. The van der Waals surface area contributed by atoms with Crippen molar-refractivity contribution in [1.29, 1.82) is 0 Å². The minimum atomic E-state index is -0.366. The highest BCUT2D eigenvalue weighted by atomic mass is 16.5. The Balaban J connectivity index is 1.75. The fourth-order valence-corrected chi connectivity index (χ4v) is 4.83. The third-order valence-electron chi connectivity index (χ3n) is 6.92. The number of benzene rings is 3. The molecule has 0 radical (unpaired) electrons. The standard InChI is InChI=1S/C32H37N5O/c1-5-20-33-31-35-28-29(37(31)23-32(2,3)38-4)26-18-12-13-19-27(26)34-30(28)36(21-24-14-8-6-9-15-24)22-25-16-10-7-11-17-25/h6-19H,5,20-23H2,1-4H3,(H,33,35). The van der Waals surface area contributed by atoms with E-state index in [9.17, 15) is 0 Å². The lowest BCUT2D eigenvalue weighted by Gasteiger charge is -2.26. The topological polar surface area (TPSA) is 55.2 Å². The molecule has 0 saturated heterocycles. The zero-order valence-corrected chi connectivity index (χ0v) is 22.8. The van der Waals surface area contributed by atoms with Gasteiger partial charge in [0.25, 0.3) is 0 Å². The lowest BCUT2D eigenvalue weighted by Crippen LogP contribution is -2.29. The Bertz CT molecular complexity index is 1450. The summed E-state index contributed by atoms with van der Waals surface area (Å²) in [7, 11) is 1.77. The number of aromatic nitrogens is 3. The van der Waals surface area contributed by atoms with Gasteiger partial charge >= 0.3 is 0 Å². The first-order valence-corrected chi connectivity index (χ1v) is 13.4. The second-order valence-electron chi connectivity index (χ2n) is 10.4. The molecule has 2 aromatic heterocycles. The van der Waals surface area contributed by atoms with Crippen LogP contribution >= 0.6 is 0 Å². The molecule has 6 nitrogen and oxygen atoms in total. The van der Waals surface area contributed by atoms with E-state index >= 15 is 0 Å². The first-order valence-electron chi connectivity index (χ1n) is 13.4. The van der Waals surface area contributed by atoms with Crippen LogP contribution in [0.2, 0.25) is 0 Å². The molecular formula is C32H37N5O. The maximum absolute atomic E-state index is 5.86. The molecule has 0 spiro atoms. The SMILES string of the molecule is CCCNc1nc2c(N(Cc3ccccc3)Cc3ccccc3)nc3ccccc3c2n1CC(C)(C)OC. The first kappa shape index (κ1) is 25.7. The number of imidazole rings is 1. The van der Waals surface area contributed by atoms with Gasteiger partial charge in [-0.3, -0.25) is 0 Å². The van der Waals surface area contributed by atoms with Gasteiger partial charge in [0.15, 0.2) is 5.82 Å². The normalized spacial score (nSPS) is 11.8. The maximum atomic E-state index is 5.86. The van der Waals surface area contributed by atoms with Crippen molar-refractivity contribution in [2.45, 2.75) is 52.4 Å². The van der Waals surface area contributed by atoms with Gasteiger partial charge < -0.3 is 19.5 Å². The number of fused-ring (bicyclic) bond motifs is 3. The van der Waals surface area contributed by atoms with Gasteiger partial charge in [0.05, 0.1) is 23.2 Å². The Morgan fingerprint density at radius 1 is 0.842 bits per heavy atom. The molecule has 0 saturated carbocycles. The molecule has 0 aliphatic heterocycles. The largest absolute Gasteiger partial charge is 0.377 e. The Kier molecular flexibility index (Phi) is 7.61. The Morgan fingerprint density at radius 3 is 2.05 bits per heavy atom. The molecule has 2 heterocycles. The van der Waals surface area contributed by atoms with Crippen molar-refractivity contribution in [3.63, 3.8) is 0 Å². The number of rotatable bonds is 11. The van der Waals surface area contributed by atoms with Crippen LogP contribution in [-0.4, -0.2) is 33.8 Å². The zero-order valence-electron chi connectivity index (χ0n) is 22.8. The van der Waals surface area contributed by atoms with Crippen LogP contribution in [0.15, 0.2) is 84.9 Å². The molecule has 0 atom stereocenters. The number of nitrogens with one attached hydrogen (secondary N) is 1. The molecule has 0 amide bonds. The molecule has 0 bridgehead atoms.